The van der Waals surface area contributed by atoms with Gasteiger partial charge in [-0.2, -0.15) is 0 Å². The van der Waals surface area contributed by atoms with Crippen molar-refractivity contribution in [2.45, 2.75) is 6.10 Å². The Kier molecular flexibility index (Phi) is 6.76. The number of hydrogen-bond donors (Lipinski definition) is 3. The molecule has 1 aromatic carbocycles. The molecule has 26 heavy (non-hydrogen) atoms. The Bertz CT molecular complexity index is 787. The molecular formula is C18H24N4O4. The standard InChI is InChI=1S/C18H24N4O4/c1-21(2)11-14(23)12-26-15-8-6-13(7-9-15)19-18(25)20-16-5-4-10-22(3)17(16)24/h4-10,14,23H,11-12H2,1-3H3,(H2,19,20,25). The van der Waals surface area contributed by atoms with Crippen molar-refractivity contribution in [2.75, 3.05) is 37.9 Å². The highest BCUT2D eigenvalue weighted by atomic mass is 16.5. The van der Waals surface area contributed by atoms with Crippen molar-refractivity contribution >= 4 is 17.4 Å². The average molecular weight is 360 g/mol. The summed E-state index contributed by atoms with van der Waals surface area (Å²) in [5, 5.41) is 14.9. The first-order valence-corrected chi connectivity index (χ1v) is 8.14. The van der Waals surface area contributed by atoms with Crippen LogP contribution >= 0.6 is 0 Å². The van der Waals surface area contributed by atoms with Crippen LogP contribution in [0, 0.1) is 0 Å². The molecule has 0 radical (unpaired) electrons. The minimum absolute atomic E-state index is 0.183. The normalized spacial score (nSPS) is 11.9. The number of aliphatic hydroxyl groups excluding tert-OH is 1. The second kappa shape index (κ2) is 9.02. The molecule has 1 unspecified atom stereocenters. The van der Waals surface area contributed by atoms with E-state index in [9.17, 15) is 14.7 Å². The molecule has 8 heteroatoms. The maximum atomic E-state index is 12.0. The van der Waals surface area contributed by atoms with E-state index in [0.717, 1.165) is 0 Å². The van der Waals surface area contributed by atoms with E-state index in [1.807, 2.05) is 19.0 Å². The number of aliphatic hydroxyl groups is 1. The molecule has 1 aromatic heterocycles. The van der Waals surface area contributed by atoms with E-state index in [1.54, 1.807) is 43.6 Å². The molecule has 0 saturated heterocycles. The Hall–Kier alpha value is -2.84. The van der Waals surface area contributed by atoms with E-state index >= 15 is 0 Å². The summed E-state index contributed by atoms with van der Waals surface area (Å²) in [6, 6.07) is 9.45. The van der Waals surface area contributed by atoms with Gasteiger partial charge in [-0.25, -0.2) is 4.79 Å². The van der Waals surface area contributed by atoms with Gasteiger partial charge >= 0.3 is 6.03 Å². The fourth-order valence-corrected chi connectivity index (χ4v) is 2.28. The van der Waals surface area contributed by atoms with Gasteiger partial charge in [0.2, 0.25) is 0 Å². The number of rotatable bonds is 7. The van der Waals surface area contributed by atoms with E-state index in [1.165, 1.54) is 10.6 Å². The number of pyridine rings is 1. The molecule has 2 aromatic rings. The van der Waals surface area contributed by atoms with Gasteiger partial charge in [0, 0.05) is 25.5 Å². The summed E-state index contributed by atoms with van der Waals surface area (Å²) in [5.41, 5.74) is 0.460. The topological polar surface area (TPSA) is 95.8 Å². The second-order valence-corrected chi connectivity index (χ2v) is 6.17. The molecule has 8 nitrogen and oxygen atoms in total. The molecule has 0 aliphatic rings. The Morgan fingerprint density at radius 3 is 2.58 bits per heavy atom. The van der Waals surface area contributed by atoms with Gasteiger partial charge in [0.25, 0.3) is 5.56 Å². The molecular weight excluding hydrogens is 336 g/mol. The summed E-state index contributed by atoms with van der Waals surface area (Å²) < 4.78 is 6.89. The summed E-state index contributed by atoms with van der Waals surface area (Å²) in [7, 11) is 5.36. The van der Waals surface area contributed by atoms with Gasteiger partial charge in [0.15, 0.2) is 0 Å². The van der Waals surface area contributed by atoms with E-state index in [-0.39, 0.29) is 17.9 Å². The summed E-state index contributed by atoms with van der Waals surface area (Å²) in [4.78, 5) is 25.8. The van der Waals surface area contributed by atoms with Gasteiger partial charge in [-0.15, -0.1) is 0 Å². The monoisotopic (exact) mass is 360 g/mol. The smallest absolute Gasteiger partial charge is 0.323 e. The third-order valence-corrected chi connectivity index (χ3v) is 3.50. The number of urea groups is 1. The van der Waals surface area contributed by atoms with Gasteiger partial charge < -0.3 is 29.9 Å². The van der Waals surface area contributed by atoms with Crippen LogP contribution in [0.5, 0.6) is 5.75 Å². The number of nitrogens with one attached hydrogen (secondary N) is 2. The zero-order valence-corrected chi connectivity index (χ0v) is 15.1. The molecule has 3 N–H and O–H groups in total. The van der Waals surface area contributed by atoms with Gasteiger partial charge in [-0.05, 0) is 50.5 Å². The van der Waals surface area contributed by atoms with Crippen molar-refractivity contribution in [1.82, 2.24) is 9.47 Å². The quantitative estimate of drug-likeness (QED) is 0.692. The lowest BCUT2D eigenvalue weighted by molar-refractivity contribution is 0.0831. The van der Waals surface area contributed by atoms with Crippen LogP contribution in [0.3, 0.4) is 0 Å². The number of anilines is 2. The number of carbonyl (C=O) groups is 1. The maximum Gasteiger partial charge on any atom is 0.323 e. The lowest BCUT2D eigenvalue weighted by atomic mass is 10.3. The molecule has 140 valence electrons. The summed E-state index contributed by atoms with van der Waals surface area (Å²) in [6.07, 6.45) is 1.03. The summed E-state index contributed by atoms with van der Waals surface area (Å²) in [6.45, 7) is 0.696. The lowest BCUT2D eigenvalue weighted by Gasteiger charge is -2.16. The van der Waals surface area contributed by atoms with Gasteiger partial charge in [0.1, 0.15) is 24.1 Å². The van der Waals surface area contributed by atoms with Crippen LogP contribution in [-0.4, -0.2) is 54.0 Å². The Balaban J connectivity index is 1.87. The summed E-state index contributed by atoms with van der Waals surface area (Å²) >= 11 is 0. The second-order valence-electron chi connectivity index (χ2n) is 6.17. The maximum absolute atomic E-state index is 12.0. The largest absolute Gasteiger partial charge is 0.491 e. The fraction of sp³-hybridized carbons (Fsp3) is 0.333. The number of ether oxygens (including phenoxy) is 1. The first-order valence-electron chi connectivity index (χ1n) is 8.14. The van der Waals surface area contributed by atoms with Crippen LogP contribution in [0.1, 0.15) is 0 Å². The SMILES string of the molecule is CN(C)CC(O)COc1ccc(NC(=O)Nc2cccn(C)c2=O)cc1. The highest BCUT2D eigenvalue weighted by Gasteiger charge is 2.08. The Labute approximate surface area is 152 Å². The number of aromatic nitrogens is 1. The van der Waals surface area contributed by atoms with Gasteiger partial charge in [0.05, 0.1) is 0 Å². The van der Waals surface area contributed by atoms with Crippen LogP contribution in [0.4, 0.5) is 16.2 Å². The number of amides is 2. The van der Waals surface area contributed by atoms with E-state index in [4.69, 9.17) is 4.74 Å². The number of nitrogens with zero attached hydrogens (tertiary/aromatic N) is 2. The van der Waals surface area contributed by atoms with Crippen LogP contribution in [0.2, 0.25) is 0 Å². The van der Waals surface area contributed by atoms with Crippen LogP contribution in [0.15, 0.2) is 47.4 Å². The van der Waals surface area contributed by atoms with E-state index < -0.39 is 12.1 Å². The fourth-order valence-electron chi connectivity index (χ4n) is 2.28. The van der Waals surface area contributed by atoms with Gasteiger partial charge in [-0.3, -0.25) is 4.79 Å². The minimum atomic E-state index is -0.581. The van der Waals surface area contributed by atoms with Crippen molar-refractivity contribution in [3.8, 4) is 5.75 Å². The number of aryl methyl sites for hydroxylation is 1. The zero-order valence-electron chi connectivity index (χ0n) is 15.1. The molecule has 1 heterocycles. The Morgan fingerprint density at radius 1 is 1.23 bits per heavy atom. The average Bonchev–Trinajstić information content (AvgIpc) is 2.58. The van der Waals surface area contributed by atoms with Crippen molar-refractivity contribution < 1.29 is 14.6 Å². The molecule has 2 rings (SSSR count). The molecule has 0 aliphatic carbocycles. The van der Waals surface area contributed by atoms with Crippen LogP contribution < -0.4 is 20.9 Å². The lowest BCUT2D eigenvalue weighted by Crippen LogP contribution is -2.30. The number of hydrogen-bond acceptors (Lipinski definition) is 5. The van der Waals surface area contributed by atoms with Crippen molar-refractivity contribution in [3.05, 3.63) is 52.9 Å². The highest BCUT2D eigenvalue weighted by Crippen LogP contribution is 2.16. The minimum Gasteiger partial charge on any atom is -0.491 e. The van der Waals surface area contributed by atoms with E-state index in [0.29, 0.717) is 18.0 Å². The van der Waals surface area contributed by atoms with Gasteiger partial charge in [-0.1, -0.05) is 0 Å². The predicted molar refractivity (Wildman–Crippen MR) is 101 cm³/mol. The number of carbonyl (C=O) groups excluding carboxylic acids is 1. The first-order chi connectivity index (χ1) is 12.3. The number of benzene rings is 1. The third-order valence-electron chi connectivity index (χ3n) is 3.50. The van der Waals surface area contributed by atoms with Crippen molar-refractivity contribution in [1.29, 1.82) is 0 Å². The molecule has 2 amide bonds. The van der Waals surface area contributed by atoms with Crippen LogP contribution in [0.25, 0.3) is 0 Å². The predicted octanol–water partition coefficient (Wildman–Crippen LogP) is 1.33. The van der Waals surface area contributed by atoms with E-state index in [2.05, 4.69) is 10.6 Å². The Morgan fingerprint density at radius 2 is 1.92 bits per heavy atom. The summed E-state index contributed by atoms with van der Waals surface area (Å²) in [5.74, 6) is 0.589. The molecule has 0 fully saturated rings. The van der Waals surface area contributed by atoms with Crippen molar-refractivity contribution in [2.24, 2.45) is 7.05 Å². The molecule has 0 saturated carbocycles. The van der Waals surface area contributed by atoms with Crippen molar-refractivity contribution in [3.63, 3.8) is 0 Å². The van der Waals surface area contributed by atoms with Crippen LogP contribution in [-0.2, 0) is 7.05 Å². The molecule has 0 aliphatic heterocycles. The molecule has 0 spiro atoms. The zero-order chi connectivity index (χ0) is 19.1. The third kappa shape index (κ3) is 5.91. The first kappa shape index (κ1) is 19.5. The highest BCUT2D eigenvalue weighted by molar-refractivity contribution is 5.99. The molecule has 1 atom stereocenters. The number of likely N-dealkylation sites (N-methyl/N-ethyl adjacent to an activating group) is 1. The molecule has 0 bridgehead atoms.